The van der Waals surface area contributed by atoms with E-state index >= 15 is 0 Å². The summed E-state index contributed by atoms with van der Waals surface area (Å²) in [4.78, 5) is 13.3. The van der Waals surface area contributed by atoms with Crippen LogP contribution in [0, 0.1) is 0 Å². The lowest BCUT2D eigenvalue weighted by Crippen LogP contribution is -2.55. The van der Waals surface area contributed by atoms with Gasteiger partial charge in [-0.2, -0.15) is 5.10 Å². The van der Waals surface area contributed by atoms with Crippen LogP contribution in [0.15, 0.2) is 74.9 Å². The normalized spacial score (nSPS) is 24.3. The molecule has 0 unspecified atom stereocenters. The number of hydrazone groups is 1. The Morgan fingerprint density at radius 1 is 1.18 bits per heavy atom. The van der Waals surface area contributed by atoms with Gasteiger partial charge in [0.1, 0.15) is 17.2 Å². The van der Waals surface area contributed by atoms with Gasteiger partial charge in [-0.3, -0.25) is 4.79 Å². The molecule has 1 aromatic heterocycles. The van der Waals surface area contributed by atoms with Gasteiger partial charge >= 0.3 is 5.72 Å². The molecule has 6 rings (SSSR count). The van der Waals surface area contributed by atoms with Gasteiger partial charge in [0.25, 0.3) is 5.91 Å². The first-order valence-corrected chi connectivity index (χ1v) is 9.76. The summed E-state index contributed by atoms with van der Waals surface area (Å²) in [7, 11) is 0. The number of hydrogen-bond donors (Lipinski definition) is 1. The van der Waals surface area contributed by atoms with Crippen molar-refractivity contribution in [1.29, 1.82) is 0 Å². The fraction of sp³-hybridized carbons (Fsp3) is 0.143. The summed E-state index contributed by atoms with van der Waals surface area (Å²) >= 11 is 3.52. The number of fused-ring (bicyclic) bond motifs is 6. The number of carbonyl (C=O) groups is 1. The van der Waals surface area contributed by atoms with Crippen molar-refractivity contribution in [3.8, 4) is 5.75 Å². The van der Waals surface area contributed by atoms with Gasteiger partial charge in [0.2, 0.25) is 0 Å². The van der Waals surface area contributed by atoms with Gasteiger partial charge in [0.05, 0.1) is 23.6 Å². The Hall–Kier alpha value is -3.06. The number of amides is 1. The molecule has 0 radical (unpaired) electrons. The van der Waals surface area contributed by atoms with Crippen LogP contribution >= 0.6 is 15.9 Å². The Labute approximate surface area is 168 Å². The summed E-state index contributed by atoms with van der Waals surface area (Å²) in [6.45, 7) is 0. The van der Waals surface area contributed by atoms with Crippen molar-refractivity contribution in [3.05, 3.63) is 82.2 Å². The van der Waals surface area contributed by atoms with E-state index < -0.39 is 5.72 Å². The zero-order valence-corrected chi connectivity index (χ0v) is 16.1. The number of halogens is 1. The molecule has 6 nitrogen and oxygen atoms in total. The summed E-state index contributed by atoms with van der Waals surface area (Å²) in [5, 5.41) is 9.57. The van der Waals surface area contributed by atoms with Crippen LogP contribution in [0.4, 0.5) is 5.69 Å². The molecule has 3 aromatic rings. The summed E-state index contributed by atoms with van der Waals surface area (Å²) in [5.74, 6) is 1.15. The first-order chi connectivity index (χ1) is 13.7. The number of rotatable bonds is 1. The molecular formula is C21H14BrN3O3. The fourth-order valence-electron chi connectivity index (χ4n) is 4.25. The zero-order chi connectivity index (χ0) is 18.9. The van der Waals surface area contributed by atoms with Crippen molar-refractivity contribution in [1.82, 2.24) is 5.01 Å². The van der Waals surface area contributed by atoms with E-state index in [4.69, 9.17) is 14.3 Å². The number of hydrogen-bond acceptors (Lipinski definition) is 5. The van der Waals surface area contributed by atoms with Gasteiger partial charge < -0.3 is 14.5 Å². The molecule has 3 aliphatic rings. The van der Waals surface area contributed by atoms with E-state index in [1.165, 1.54) is 0 Å². The zero-order valence-electron chi connectivity index (χ0n) is 14.6. The summed E-state index contributed by atoms with van der Waals surface area (Å²) < 4.78 is 12.9. The van der Waals surface area contributed by atoms with Crippen molar-refractivity contribution in [2.75, 3.05) is 5.32 Å². The molecule has 1 N–H and O–H groups in total. The van der Waals surface area contributed by atoms with E-state index in [9.17, 15) is 4.79 Å². The van der Waals surface area contributed by atoms with Crippen LogP contribution in [-0.2, 0) is 10.5 Å². The predicted octanol–water partition coefficient (Wildman–Crippen LogP) is 4.39. The summed E-state index contributed by atoms with van der Waals surface area (Å²) in [5.41, 5.74) is 1.93. The number of ether oxygens (including phenoxy) is 1. The molecular weight excluding hydrogens is 422 g/mol. The largest absolute Gasteiger partial charge is 0.463 e. The number of nitrogens with one attached hydrogen (secondary N) is 1. The summed E-state index contributed by atoms with van der Waals surface area (Å²) in [6.07, 6.45) is 2.26. The maximum absolute atomic E-state index is 13.3. The number of nitrogens with zero attached hydrogens (tertiary/aromatic N) is 2. The van der Waals surface area contributed by atoms with Crippen molar-refractivity contribution >= 4 is 33.2 Å². The molecule has 2 aromatic carbocycles. The van der Waals surface area contributed by atoms with Crippen molar-refractivity contribution < 1.29 is 13.9 Å². The monoisotopic (exact) mass is 435 g/mol. The average Bonchev–Trinajstić information content (AvgIpc) is 3.42. The highest BCUT2D eigenvalue weighted by Gasteiger charge is 2.61. The van der Waals surface area contributed by atoms with Gasteiger partial charge in [-0.25, -0.2) is 5.01 Å². The minimum Gasteiger partial charge on any atom is -0.463 e. The molecule has 0 bridgehead atoms. The Balaban J connectivity index is 1.60. The Bertz CT molecular complexity index is 1160. The topological polar surface area (TPSA) is 67.1 Å². The molecule has 0 fully saturated rings. The molecule has 28 heavy (non-hydrogen) atoms. The lowest BCUT2D eigenvalue weighted by molar-refractivity contribution is -0.161. The van der Waals surface area contributed by atoms with Crippen molar-refractivity contribution in [2.45, 2.75) is 18.2 Å². The maximum atomic E-state index is 13.3. The number of furan rings is 1. The number of para-hydroxylation sites is 1. The third-order valence-corrected chi connectivity index (χ3v) is 5.97. The molecule has 0 saturated carbocycles. The van der Waals surface area contributed by atoms with Crippen LogP contribution in [-0.4, -0.2) is 16.6 Å². The second kappa shape index (κ2) is 5.48. The van der Waals surface area contributed by atoms with Gasteiger partial charge in [0, 0.05) is 16.5 Å². The lowest BCUT2D eigenvalue weighted by Gasteiger charge is -2.43. The molecule has 138 valence electrons. The highest BCUT2D eigenvalue weighted by atomic mass is 79.9. The second-order valence-corrected chi connectivity index (χ2v) is 7.93. The maximum Gasteiger partial charge on any atom is 0.306 e. The third-order valence-electron chi connectivity index (χ3n) is 5.48. The summed E-state index contributed by atoms with van der Waals surface area (Å²) in [6, 6.07) is 17.1. The second-order valence-electron chi connectivity index (χ2n) is 7.02. The molecule has 7 heteroatoms. The fourth-order valence-corrected chi connectivity index (χ4v) is 4.61. The first kappa shape index (κ1) is 15.9. The van der Waals surface area contributed by atoms with Crippen LogP contribution in [0.5, 0.6) is 5.75 Å². The van der Waals surface area contributed by atoms with E-state index in [0.29, 0.717) is 17.9 Å². The minimum atomic E-state index is -1.35. The quantitative estimate of drug-likeness (QED) is 0.615. The van der Waals surface area contributed by atoms with Crippen LogP contribution < -0.4 is 10.1 Å². The van der Waals surface area contributed by atoms with E-state index in [-0.39, 0.29) is 11.9 Å². The van der Waals surface area contributed by atoms with Crippen LogP contribution in [0.2, 0.25) is 0 Å². The highest BCUT2D eigenvalue weighted by molar-refractivity contribution is 9.10. The van der Waals surface area contributed by atoms with Gasteiger partial charge in [-0.1, -0.05) is 34.1 Å². The number of benzene rings is 2. The van der Waals surface area contributed by atoms with E-state index in [1.807, 2.05) is 54.6 Å². The smallest absolute Gasteiger partial charge is 0.306 e. The SMILES string of the molecule is O=C1Nc2ccc(Br)cc2[C@]12Oc1ccccc1[C@H]1CC(c3ccco3)=NN12. The molecule has 4 heterocycles. The van der Waals surface area contributed by atoms with Crippen molar-refractivity contribution in [2.24, 2.45) is 5.10 Å². The molecule has 1 amide bonds. The Kier molecular flexibility index (Phi) is 3.12. The third kappa shape index (κ3) is 1.97. The standard InChI is InChI=1S/C21H14BrN3O3/c22-12-7-8-15-14(10-12)21(20(26)23-15)25-17(13-4-1-2-5-18(13)28-21)11-16(24-25)19-6-3-9-27-19/h1-10,17H,11H2,(H,23,26)/t17-,21+/m1/s1. The molecule has 1 spiro atoms. The molecule has 2 atom stereocenters. The van der Waals surface area contributed by atoms with E-state index in [2.05, 4.69) is 21.2 Å². The predicted molar refractivity (Wildman–Crippen MR) is 106 cm³/mol. The van der Waals surface area contributed by atoms with Gasteiger partial charge in [-0.05, 0) is 36.4 Å². The first-order valence-electron chi connectivity index (χ1n) is 8.97. The lowest BCUT2D eigenvalue weighted by atomic mass is 9.93. The van der Waals surface area contributed by atoms with E-state index in [1.54, 1.807) is 11.3 Å². The van der Waals surface area contributed by atoms with Crippen LogP contribution in [0.3, 0.4) is 0 Å². The minimum absolute atomic E-state index is 0.124. The molecule has 0 aliphatic carbocycles. The Morgan fingerprint density at radius 3 is 2.93 bits per heavy atom. The van der Waals surface area contributed by atoms with E-state index in [0.717, 1.165) is 27.0 Å². The van der Waals surface area contributed by atoms with Gasteiger partial charge in [-0.15, -0.1) is 0 Å². The van der Waals surface area contributed by atoms with Crippen molar-refractivity contribution in [3.63, 3.8) is 0 Å². The molecule has 3 aliphatic heterocycles. The Morgan fingerprint density at radius 2 is 2.07 bits per heavy atom. The number of anilines is 1. The van der Waals surface area contributed by atoms with Crippen LogP contribution in [0.25, 0.3) is 0 Å². The molecule has 0 saturated heterocycles. The average molecular weight is 436 g/mol. The number of carbonyl (C=O) groups excluding carboxylic acids is 1. The van der Waals surface area contributed by atoms with Gasteiger partial charge in [0.15, 0.2) is 0 Å². The highest BCUT2D eigenvalue weighted by Crippen LogP contribution is 2.54. The van der Waals surface area contributed by atoms with Crippen LogP contribution in [0.1, 0.15) is 29.3 Å².